The van der Waals surface area contributed by atoms with Crippen molar-refractivity contribution in [1.29, 1.82) is 0 Å². The zero-order valence-corrected chi connectivity index (χ0v) is 8.15. The van der Waals surface area contributed by atoms with E-state index in [0.717, 1.165) is 12.8 Å². The minimum atomic E-state index is -0.753. The summed E-state index contributed by atoms with van der Waals surface area (Å²) in [6.45, 7) is 1.01. The summed E-state index contributed by atoms with van der Waals surface area (Å²) in [5.41, 5.74) is -0.0422. The van der Waals surface area contributed by atoms with Gasteiger partial charge in [0.1, 0.15) is 0 Å². The molecule has 80 valence electrons. The van der Waals surface area contributed by atoms with Crippen LogP contribution in [-0.4, -0.2) is 29.1 Å². The minimum absolute atomic E-state index is 0.0422. The van der Waals surface area contributed by atoms with Crippen LogP contribution in [0.2, 0.25) is 0 Å². The van der Waals surface area contributed by atoms with E-state index in [9.17, 15) is 9.18 Å². The molecule has 0 bridgehead atoms. The Morgan fingerprint density at radius 1 is 1.53 bits per heavy atom. The van der Waals surface area contributed by atoms with Gasteiger partial charge in [-0.25, -0.2) is 10.0 Å². The number of aromatic nitrogens is 1. The molecule has 0 unspecified atom stereocenters. The molecule has 0 aliphatic carbocycles. The fourth-order valence-corrected chi connectivity index (χ4v) is 1.44. The predicted molar refractivity (Wildman–Crippen MR) is 50.4 cm³/mol. The molecule has 15 heavy (non-hydrogen) atoms. The molecule has 0 N–H and O–H groups in total. The molecule has 1 aliphatic heterocycles. The SMILES string of the molecule is O=C(c1cccnc1F)N1CCCCO1. The number of carbonyl (C=O) groups excluding carboxylic acids is 1. The number of rotatable bonds is 1. The second-order valence-corrected chi connectivity index (χ2v) is 3.29. The van der Waals surface area contributed by atoms with E-state index in [1.165, 1.54) is 23.4 Å². The van der Waals surface area contributed by atoms with E-state index in [4.69, 9.17) is 4.84 Å². The maximum absolute atomic E-state index is 13.2. The largest absolute Gasteiger partial charge is 0.282 e. The normalized spacial score (nSPS) is 16.5. The first kappa shape index (κ1) is 10.0. The molecule has 0 saturated carbocycles. The summed E-state index contributed by atoms with van der Waals surface area (Å²) in [7, 11) is 0. The van der Waals surface area contributed by atoms with E-state index >= 15 is 0 Å². The Bertz CT molecular complexity index is 364. The van der Waals surface area contributed by atoms with E-state index in [0.29, 0.717) is 13.2 Å². The van der Waals surface area contributed by atoms with Crippen molar-refractivity contribution in [2.24, 2.45) is 0 Å². The van der Waals surface area contributed by atoms with Crippen molar-refractivity contribution < 1.29 is 14.0 Å². The number of hydroxylamine groups is 2. The van der Waals surface area contributed by atoms with Gasteiger partial charge >= 0.3 is 0 Å². The number of halogens is 1. The molecule has 1 amide bonds. The molecule has 0 atom stereocenters. The van der Waals surface area contributed by atoms with Gasteiger partial charge in [0.2, 0.25) is 5.95 Å². The van der Waals surface area contributed by atoms with E-state index in [1.54, 1.807) is 0 Å². The molecule has 1 aliphatic rings. The zero-order chi connectivity index (χ0) is 10.7. The Morgan fingerprint density at radius 2 is 2.40 bits per heavy atom. The Morgan fingerprint density at radius 3 is 3.07 bits per heavy atom. The summed E-state index contributed by atoms with van der Waals surface area (Å²) in [5, 5.41) is 1.20. The highest BCUT2D eigenvalue weighted by Gasteiger charge is 2.22. The van der Waals surface area contributed by atoms with Gasteiger partial charge in [-0.2, -0.15) is 4.39 Å². The van der Waals surface area contributed by atoms with Gasteiger partial charge in [0.25, 0.3) is 5.91 Å². The van der Waals surface area contributed by atoms with Crippen LogP contribution in [0, 0.1) is 5.95 Å². The lowest BCUT2D eigenvalue weighted by molar-refractivity contribution is -0.144. The highest BCUT2D eigenvalue weighted by Crippen LogP contribution is 2.12. The molecule has 5 heteroatoms. The van der Waals surface area contributed by atoms with E-state index < -0.39 is 11.9 Å². The number of hydrogen-bond acceptors (Lipinski definition) is 3. The summed E-state index contributed by atoms with van der Waals surface area (Å²) < 4.78 is 13.2. The molecule has 2 rings (SSSR count). The predicted octanol–water partition coefficient (Wildman–Crippen LogP) is 1.39. The standard InChI is InChI=1S/C10H11FN2O2/c11-9-8(4-3-5-12-9)10(14)13-6-1-2-7-15-13/h3-5H,1-2,6-7H2. The van der Waals surface area contributed by atoms with Gasteiger partial charge in [0.05, 0.1) is 12.2 Å². The maximum atomic E-state index is 13.2. The number of amides is 1. The Balaban J connectivity index is 2.16. The van der Waals surface area contributed by atoms with Crippen LogP contribution in [-0.2, 0) is 4.84 Å². The summed E-state index contributed by atoms with van der Waals surface area (Å²) in [6, 6.07) is 2.93. The van der Waals surface area contributed by atoms with Crippen LogP contribution in [0.5, 0.6) is 0 Å². The van der Waals surface area contributed by atoms with Crippen molar-refractivity contribution in [2.75, 3.05) is 13.2 Å². The molecule has 0 aromatic carbocycles. The van der Waals surface area contributed by atoms with Gasteiger partial charge in [0.15, 0.2) is 0 Å². The van der Waals surface area contributed by atoms with Crippen LogP contribution < -0.4 is 0 Å². The average molecular weight is 210 g/mol. The second kappa shape index (κ2) is 4.35. The third-order valence-corrected chi connectivity index (χ3v) is 2.22. The quantitative estimate of drug-likeness (QED) is 0.658. The summed E-state index contributed by atoms with van der Waals surface area (Å²) in [5.74, 6) is -1.21. The molecule has 1 aromatic rings. The Labute approximate surface area is 86.6 Å². The van der Waals surface area contributed by atoms with E-state index in [-0.39, 0.29) is 5.56 Å². The molecule has 1 fully saturated rings. The zero-order valence-electron chi connectivity index (χ0n) is 8.15. The molecular formula is C10H11FN2O2. The fourth-order valence-electron chi connectivity index (χ4n) is 1.44. The van der Waals surface area contributed by atoms with Crippen molar-refractivity contribution in [3.8, 4) is 0 Å². The van der Waals surface area contributed by atoms with Gasteiger partial charge in [-0.05, 0) is 25.0 Å². The average Bonchev–Trinajstić information content (AvgIpc) is 2.30. The number of nitrogens with zero attached hydrogens (tertiary/aromatic N) is 2. The Hall–Kier alpha value is -1.49. The van der Waals surface area contributed by atoms with Crippen LogP contribution in [0.4, 0.5) is 4.39 Å². The monoisotopic (exact) mass is 210 g/mol. The van der Waals surface area contributed by atoms with Gasteiger partial charge in [-0.3, -0.25) is 9.63 Å². The molecular weight excluding hydrogens is 199 g/mol. The molecule has 4 nitrogen and oxygen atoms in total. The lowest BCUT2D eigenvalue weighted by Gasteiger charge is -2.25. The van der Waals surface area contributed by atoms with Crippen LogP contribution in [0.15, 0.2) is 18.3 Å². The van der Waals surface area contributed by atoms with Crippen molar-refractivity contribution in [1.82, 2.24) is 10.0 Å². The first-order valence-corrected chi connectivity index (χ1v) is 4.84. The van der Waals surface area contributed by atoms with Crippen LogP contribution in [0.1, 0.15) is 23.2 Å². The maximum Gasteiger partial charge on any atom is 0.282 e. The molecule has 1 saturated heterocycles. The summed E-state index contributed by atoms with van der Waals surface area (Å²) in [4.78, 5) is 20.3. The molecule has 0 spiro atoms. The first-order valence-electron chi connectivity index (χ1n) is 4.84. The fraction of sp³-hybridized carbons (Fsp3) is 0.400. The topological polar surface area (TPSA) is 42.4 Å². The van der Waals surface area contributed by atoms with Crippen LogP contribution in [0.25, 0.3) is 0 Å². The first-order chi connectivity index (χ1) is 7.29. The van der Waals surface area contributed by atoms with Crippen molar-refractivity contribution >= 4 is 5.91 Å². The highest BCUT2D eigenvalue weighted by atomic mass is 19.1. The van der Waals surface area contributed by atoms with Gasteiger partial charge in [-0.15, -0.1) is 0 Å². The van der Waals surface area contributed by atoms with Crippen LogP contribution in [0.3, 0.4) is 0 Å². The lowest BCUT2D eigenvalue weighted by Crippen LogP contribution is -2.36. The second-order valence-electron chi connectivity index (χ2n) is 3.29. The van der Waals surface area contributed by atoms with Gasteiger partial charge < -0.3 is 0 Å². The smallest absolute Gasteiger partial charge is 0.271 e. The minimum Gasteiger partial charge on any atom is -0.271 e. The number of carbonyl (C=O) groups is 1. The van der Waals surface area contributed by atoms with Gasteiger partial charge in [-0.1, -0.05) is 0 Å². The number of pyridine rings is 1. The third kappa shape index (κ3) is 2.12. The van der Waals surface area contributed by atoms with Crippen molar-refractivity contribution in [3.63, 3.8) is 0 Å². The molecule has 2 heterocycles. The molecule has 1 aromatic heterocycles. The number of hydrogen-bond donors (Lipinski definition) is 0. The summed E-state index contributed by atoms with van der Waals surface area (Å²) in [6.07, 6.45) is 3.12. The third-order valence-electron chi connectivity index (χ3n) is 2.22. The van der Waals surface area contributed by atoms with E-state index in [1.807, 2.05) is 0 Å². The summed E-state index contributed by atoms with van der Waals surface area (Å²) >= 11 is 0. The van der Waals surface area contributed by atoms with Gasteiger partial charge in [0, 0.05) is 12.7 Å². The van der Waals surface area contributed by atoms with Crippen molar-refractivity contribution in [3.05, 3.63) is 29.8 Å². The Kier molecular flexibility index (Phi) is 2.91. The molecule has 0 radical (unpaired) electrons. The lowest BCUT2D eigenvalue weighted by atomic mass is 10.2. The van der Waals surface area contributed by atoms with Crippen LogP contribution >= 0.6 is 0 Å². The highest BCUT2D eigenvalue weighted by molar-refractivity contribution is 5.93. The van der Waals surface area contributed by atoms with E-state index in [2.05, 4.69) is 4.98 Å². The van der Waals surface area contributed by atoms with Crippen molar-refractivity contribution in [2.45, 2.75) is 12.8 Å².